The van der Waals surface area contributed by atoms with Crippen LogP contribution in [0.4, 0.5) is 5.69 Å². The molecule has 2 aromatic rings. The molecule has 0 spiro atoms. The second-order valence-corrected chi connectivity index (χ2v) is 4.15. The molecule has 1 N–H and O–H groups in total. The van der Waals surface area contributed by atoms with Crippen LogP contribution in [0.15, 0.2) is 18.5 Å². The van der Waals surface area contributed by atoms with Crippen molar-refractivity contribution >= 4 is 28.4 Å². The van der Waals surface area contributed by atoms with Crippen molar-refractivity contribution in [2.75, 3.05) is 5.32 Å². The molecule has 0 aliphatic heterocycles. The lowest BCUT2D eigenvalue weighted by molar-refractivity contribution is -0.124. The summed E-state index contributed by atoms with van der Waals surface area (Å²) in [4.78, 5) is 26.3. The number of carbonyl (C=O) groups is 2. The van der Waals surface area contributed by atoms with Gasteiger partial charge in [0.2, 0.25) is 5.91 Å². The normalized spacial score (nSPS) is 10.6. The summed E-state index contributed by atoms with van der Waals surface area (Å²) in [6.45, 7) is 3.15. The minimum absolute atomic E-state index is 0.173. The van der Waals surface area contributed by atoms with Crippen LogP contribution in [0, 0.1) is 12.1 Å². The number of hydrogen-bond acceptors (Lipinski definition) is 4. The summed E-state index contributed by atoms with van der Waals surface area (Å²) in [5.41, 5.74) is 2.27. The van der Waals surface area contributed by atoms with E-state index in [4.69, 9.17) is 0 Å². The van der Waals surface area contributed by atoms with Crippen molar-refractivity contribution < 1.29 is 9.59 Å². The second-order valence-electron chi connectivity index (χ2n) is 4.15. The molecule has 0 saturated carbocycles. The number of fused-ring (bicyclic) bond motifs is 1. The predicted octanol–water partition coefficient (Wildman–Crippen LogP) is 1.61. The molecule has 0 unspecified atom stereocenters. The molecule has 1 heterocycles. The van der Waals surface area contributed by atoms with Gasteiger partial charge in [-0.3, -0.25) is 9.59 Å². The Morgan fingerprint density at radius 1 is 1.44 bits per heavy atom. The summed E-state index contributed by atoms with van der Waals surface area (Å²) in [6.07, 6.45) is 0.999. The summed E-state index contributed by atoms with van der Waals surface area (Å²) in [7, 11) is 0. The predicted molar refractivity (Wildman–Crippen MR) is 67.2 cm³/mol. The van der Waals surface area contributed by atoms with Gasteiger partial charge < -0.3 is 15.3 Å². The lowest BCUT2D eigenvalue weighted by atomic mass is 10.1. The average Bonchev–Trinajstić information content (AvgIpc) is 2.60. The molecule has 0 bridgehead atoms. The smallest absolute Gasteiger partial charge is 0.231 e. The number of nitrogens with zero attached hydrogens (tertiary/aromatic N) is 2. The molecule has 1 amide bonds. The van der Waals surface area contributed by atoms with Gasteiger partial charge >= 0.3 is 0 Å². The fourth-order valence-electron chi connectivity index (χ4n) is 1.69. The SMILES string of the molecule is CC(=O)CC(=O)Nc1cc2c(cc1C)ncn2[O-]. The van der Waals surface area contributed by atoms with Crippen LogP contribution in [0.25, 0.3) is 11.0 Å². The monoisotopic (exact) mass is 246 g/mol. The van der Waals surface area contributed by atoms with Gasteiger partial charge in [0.1, 0.15) is 5.78 Å². The van der Waals surface area contributed by atoms with Crippen molar-refractivity contribution in [3.05, 3.63) is 29.2 Å². The highest BCUT2D eigenvalue weighted by atomic mass is 16.5. The standard InChI is InChI=1S/C12H12N3O3/c1-7-3-10-11(15(18)6-13-10)5-9(7)14-12(17)4-8(2)16/h3,5-6H,4H2,1-2H3,(H,14,17)/q-1. The van der Waals surface area contributed by atoms with Crippen LogP contribution in [0.5, 0.6) is 0 Å². The van der Waals surface area contributed by atoms with Gasteiger partial charge in [-0.15, -0.1) is 0 Å². The first-order valence-corrected chi connectivity index (χ1v) is 5.42. The number of imidazole rings is 1. The first-order valence-electron chi connectivity index (χ1n) is 5.42. The summed E-state index contributed by atoms with van der Waals surface area (Å²) in [5, 5.41) is 14.0. The lowest BCUT2D eigenvalue weighted by Gasteiger charge is -2.11. The number of hydrogen-bond donors (Lipinski definition) is 1. The fourth-order valence-corrected chi connectivity index (χ4v) is 1.69. The van der Waals surface area contributed by atoms with Gasteiger partial charge in [-0.25, -0.2) is 4.98 Å². The Morgan fingerprint density at radius 2 is 2.17 bits per heavy atom. The quantitative estimate of drug-likeness (QED) is 0.833. The van der Waals surface area contributed by atoms with Crippen molar-refractivity contribution in [3.63, 3.8) is 0 Å². The fraction of sp³-hybridized carbons (Fsp3) is 0.250. The number of Topliss-reactive ketones (excluding diaryl/α,β-unsaturated/α-hetero) is 1. The zero-order chi connectivity index (χ0) is 13.3. The van der Waals surface area contributed by atoms with Crippen LogP contribution in [0.3, 0.4) is 0 Å². The highest BCUT2D eigenvalue weighted by Crippen LogP contribution is 2.22. The van der Waals surface area contributed by atoms with E-state index in [1.54, 1.807) is 19.1 Å². The summed E-state index contributed by atoms with van der Waals surface area (Å²) in [6, 6.07) is 3.27. The Hall–Kier alpha value is -2.37. The van der Waals surface area contributed by atoms with Crippen molar-refractivity contribution in [1.82, 2.24) is 9.71 Å². The van der Waals surface area contributed by atoms with Crippen LogP contribution in [0.1, 0.15) is 18.9 Å². The zero-order valence-corrected chi connectivity index (χ0v) is 10.1. The molecule has 94 valence electrons. The number of amides is 1. The molecular formula is C12H12N3O3-. The van der Waals surface area contributed by atoms with E-state index in [9.17, 15) is 14.8 Å². The summed E-state index contributed by atoms with van der Waals surface area (Å²) in [5.74, 6) is -0.595. The van der Waals surface area contributed by atoms with Crippen molar-refractivity contribution in [2.24, 2.45) is 0 Å². The third-order valence-electron chi connectivity index (χ3n) is 2.54. The topological polar surface area (TPSA) is 87.0 Å². The van der Waals surface area contributed by atoms with Crippen molar-refractivity contribution in [1.29, 1.82) is 0 Å². The van der Waals surface area contributed by atoms with Crippen LogP contribution in [-0.4, -0.2) is 21.4 Å². The number of carbonyl (C=O) groups excluding carboxylic acids is 2. The molecule has 2 rings (SSSR count). The summed E-state index contributed by atoms with van der Waals surface area (Å²) >= 11 is 0. The second kappa shape index (κ2) is 4.48. The van der Waals surface area contributed by atoms with E-state index in [-0.39, 0.29) is 18.1 Å². The average molecular weight is 246 g/mol. The first-order chi connectivity index (χ1) is 8.47. The number of aromatic nitrogens is 2. The maximum absolute atomic E-state index is 11.5. The Bertz CT molecular complexity index is 631. The molecule has 1 aromatic carbocycles. The van der Waals surface area contributed by atoms with Gasteiger partial charge in [0, 0.05) is 5.69 Å². The minimum atomic E-state index is -0.387. The van der Waals surface area contributed by atoms with E-state index in [1.807, 2.05) is 0 Å². The highest BCUT2D eigenvalue weighted by Gasteiger charge is 2.09. The van der Waals surface area contributed by atoms with Crippen LogP contribution < -0.4 is 5.32 Å². The van der Waals surface area contributed by atoms with E-state index in [0.29, 0.717) is 21.5 Å². The molecule has 0 aliphatic carbocycles. The maximum atomic E-state index is 11.5. The van der Waals surface area contributed by atoms with Gasteiger partial charge in [-0.05, 0) is 31.5 Å². The van der Waals surface area contributed by atoms with E-state index in [1.165, 1.54) is 13.3 Å². The number of benzene rings is 1. The molecule has 0 aliphatic rings. The minimum Gasteiger partial charge on any atom is -0.805 e. The number of anilines is 1. The van der Waals surface area contributed by atoms with Crippen molar-refractivity contribution in [2.45, 2.75) is 20.3 Å². The van der Waals surface area contributed by atoms with Gasteiger partial charge in [-0.1, -0.05) is 0 Å². The number of nitrogens with one attached hydrogen (secondary N) is 1. The Labute approximate surface area is 103 Å². The molecule has 6 heteroatoms. The van der Waals surface area contributed by atoms with Gasteiger partial charge in [0.25, 0.3) is 0 Å². The molecule has 0 fully saturated rings. The third-order valence-corrected chi connectivity index (χ3v) is 2.54. The molecular weight excluding hydrogens is 234 g/mol. The van der Waals surface area contributed by atoms with Gasteiger partial charge in [0.05, 0.1) is 23.8 Å². The zero-order valence-electron chi connectivity index (χ0n) is 10.1. The van der Waals surface area contributed by atoms with E-state index < -0.39 is 0 Å². The van der Waals surface area contributed by atoms with Crippen LogP contribution >= 0.6 is 0 Å². The molecule has 18 heavy (non-hydrogen) atoms. The molecule has 0 atom stereocenters. The van der Waals surface area contributed by atoms with E-state index in [2.05, 4.69) is 10.3 Å². The van der Waals surface area contributed by atoms with E-state index in [0.717, 1.165) is 5.56 Å². The summed E-state index contributed by atoms with van der Waals surface area (Å²) < 4.78 is 0.634. The van der Waals surface area contributed by atoms with E-state index >= 15 is 0 Å². The first kappa shape index (κ1) is 12.1. The number of aryl methyl sites for hydroxylation is 1. The Morgan fingerprint density at radius 3 is 2.83 bits per heavy atom. The van der Waals surface area contributed by atoms with Crippen molar-refractivity contribution in [3.8, 4) is 0 Å². The lowest BCUT2D eigenvalue weighted by Crippen LogP contribution is -2.15. The number of rotatable bonds is 3. The maximum Gasteiger partial charge on any atom is 0.231 e. The highest BCUT2D eigenvalue weighted by molar-refractivity contribution is 6.04. The molecule has 0 saturated heterocycles. The molecule has 0 radical (unpaired) electrons. The Balaban J connectivity index is 2.32. The molecule has 6 nitrogen and oxygen atoms in total. The van der Waals surface area contributed by atoms with Crippen LogP contribution in [0.2, 0.25) is 0 Å². The Kier molecular flexibility index (Phi) is 3.01. The number of ketones is 1. The largest absolute Gasteiger partial charge is 0.805 e. The molecule has 1 aromatic heterocycles. The van der Waals surface area contributed by atoms with Gasteiger partial charge in [-0.2, -0.15) is 0 Å². The third kappa shape index (κ3) is 2.32. The van der Waals surface area contributed by atoms with Crippen LogP contribution in [-0.2, 0) is 9.59 Å². The van der Waals surface area contributed by atoms with Gasteiger partial charge in [0.15, 0.2) is 0 Å².